The predicted octanol–water partition coefficient (Wildman–Crippen LogP) is 2.30. The Hall–Kier alpha value is -1.18. The van der Waals surface area contributed by atoms with E-state index in [9.17, 15) is 0 Å². The van der Waals surface area contributed by atoms with E-state index in [1.165, 1.54) is 5.56 Å². The molecule has 1 N–H and O–H groups in total. The first kappa shape index (κ1) is 8.91. The number of hydrogen-bond acceptors (Lipinski definition) is 2. The van der Waals surface area contributed by atoms with E-state index in [-0.39, 0.29) is 0 Å². The minimum atomic E-state index is 0.914. The van der Waals surface area contributed by atoms with Crippen LogP contribution in [0.3, 0.4) is 0 Å². The van der Waals surface area contributed by atoms with E-state index in [1.807, 2.05) is 19.2 Å². The molecular weight excluding hydrogens is 150 g/mol. The van der Waals surface area contributed by atoms with Crippen LogP contribution >= 0.6 is 0 Å². The van der Waals surface area contributed by atoms with E-state index in [4.69, 9.17) is 4.74 Å². The largest absolute Gasteiger partial charge is 0.495 e. The second-order valence-electron chi connectivity index (χ2n) is 2.60. The Morgan fingerprint density at radius 1 is 1.42 bits per heavy atom. The Balaban J connectivity index is 3.13. The van der Waals surface area contributed by atoms with Crippen LogP contribution in [0.4, 0.5) is 5.69 Å². The van der Waals surface area contributed by atoms with Crippen molar-refractivity contribution in [3.8, 4) is 5.75 Å². The zero-order valence-corrected chi connectivity index (χ0v) is 7.85. The highest BCUT2D eigenvalue weighted by molar-refractivity contribution is 5.61. The summed E-state index contributed by atoms with van der Waals surface area (Å²) in [5, 5.41) is 3.14. The number of benzene rings is 1. The van der Waals surface area contributed by atoms with E-state index in [0.29, 0.717) is 0 Å². The lowest BCUT2D eigenvalue weighted by molar-refractivity contribution is 0.416. The number of methoxy groups -OCH3 is 1. The molecule has 0 heterocycles. The average molecular weight is 165 g/mol. The predicted molar refractivity (Wildman–Crippen MR) is 51.9 cm³/mol. The Morgan fingerprint density at radius 2 is 2.17 bits per heavy atom. The third-order valence-electron chi connectivity index (χ3n) is 1.96. The van der Waals surface area contributed by atoms with Crippen molar-refractivity contribution in [3.05, 3.63) is 23.8 Å². The standard InChI is InChI=1S/C10H15NO/c1-4-8-6-5-7-9(12-3)10(8)11-2/h5-7,11H,4H2,1-3H3. The highest BCUT2D eigenvalue weighted by Crippen LogP contribution is 2.27. The van der Waals surface area contributed by atoms with Crippen molar-refractivity contribution in [1.29, 1.82) is 0 Å². The molecule has 0 spiro atoms. The van der Waals surface area contributed by atoms with Crippen LogP contribution in [0.25, 0.3) is 0 Å². The average Bonchev–Trinajstić information content (AvgIpc) is 2.16. The fraction of sp³-hybridized carbons (Fsp3) is 0.400. The highest BCUT2D eigenvalue weighted by atomic mass is 16.5. The summed E-state index contributed by atoms with van der Waals surface area (Å²) >= 11 is 0. The minimum absolute atomic E-state index is 0.914. The van der Waals surface area contributed by atoms with Gasteiger partial charge in [-0.1, -0.05) is 19.1 Å². The smallest absolute Gasteiger partial charge is 0.142 e. The number of ether oxygens (including phenoxy) is 1. The van der Waals surface area contributed by atoms with Gasteiger partial charge in [-0.05, 0) is 18.1 Å². The first-order valence-electron chi connectivity index (χ1n) is 4.17. The van der Waals surface area contributed by atoms with Gasteiger partial charge >= 0.3 is 0 Å². The molecule has 0 atom stereocenters. The molecule has 0 saturated carbocycles. The molecule has 0 aromatic heterocycles. The van der Waals surface area contributed by atoms with Gasteiger partial charge in [-0.15, -0.1) is 0 Å². The van der Waals surface area contributed by atoms with Crippen LogP contribution in [0.5, 0.6) is 5.75 Å². The lowest BCUT2D eigenvalue weighted by atomic mass is 10.1. The first-order valence-corrected chi connectivity index (χ1v) is 4.17. The highest BCUT2D eigenvalue weighted by Gasteiger charge is 2.03. The maximum atomic E-state index is 5.22. The van der Waals surface area contributed by atoms with Crippen molar-refractivity contribution in [3.63, 3.8) is 0 Å². The molecule has 2 nitrogen and oxygen atoms in total. The monoisotopic (exact) mass is 165 g/mol. The van der Waals surface area contributed by atoms with Crippen molar-refractivity contribution in [2.24, 2.45) is 0 Å². The van der Waals surface area contributed by atoms with E-state index >= 15 is 0 Å². The fourth-order valence-corrected chi connectivity index (χ4v) is 1.33. The molecule has 0 radical (unpaired) electrons. The van der Waals surface area contributed by atoms with Gasteiger partial charge in [0.05, 0.1) is 12.8 Å². The molecule has 0 saturated heterocycles. The van der Waals surface area contributed by atoms with Crippen molar-refractivity contribution >= 4 is 5.69 Å². The summed E-state index contributed by atoms with van der Waals surface area (Å²) in [6, 6.07) is 6.08. The van der Waals surface area contributed by atoms with Crippen molar-refractivity contribution in [1.82, 2.24) is 0 Å². The second kappa shape index (κ2) is 4.00. The Bertz CT molecular complexity index is 236. The molecule has 2 heteroatoms. The quantitative estimate of drug-likeness (QED) is 0.742. The molecule has 0 aliphatic heterocycles. The van der Waals surface area contributed by atoms with Crippen molar-refractivity contribution in [2.75, 3.05) is 19.5 Å². The molecule has 0 amide bonds. The Morgan fingerprint density at radius 3 is 2.67 bits per heavy atom. The maximum Gasteiger partial charge on any atom is 0.142 e. The third kappa shape index (κ3) is 1.52. The van der Waals surface area contributed by atoms with Crippen molar-refractivity contribution < 1.29 is 4.74 Å². The van der Waals surface area contributed by atoms with Crippen LogP contribution < -0.4 is 10.1 Å². The van der Waals surface area contributed by atoms with E-state index < -0.39 is 0 Å². The molecule has 0 bridgehead atoms. The lowest BCUT2D eigenvalue weighted by Gasteiger charge is -2.11. The first-order chi connectivity index (χ1) is 5.83. The summed E-state index contributed by atoms with van der Waals surface area (Å²) in [7, 11) is 3.60. The van der Waals surface area contributed by atoms with E-state index in [1.54, 1.807) is 7.11 Å². The number of rotatable bonds is 3. The molecular formula is C10H15NO. The summed E-state index contributed by atoms with van der Waals surface area (Å²) in [5.74, 6) is 0.914. The number of hydrogen-bond donors (Lipinski definition) is 1. The zero-order chi connectivity index (χ0) is 8.97. The van der Waals surface area contributed by atoms with Gasteiger partial charge in [-0.3, -0.25) is 0 Å². The summed E-state index contributed by atoms with van der Waals surface area (Å²) < 4.78 is 5.22. The fourth-order valence-electron chi connectivity index (χ4n) is 1.33. The normalized spacial score (nSPS) is 9.58. The number of aryl methyl sites for hydroxylation is 1. The van der Waals surface area contributed by atoms with Crippen LogP contribution in [0.2, 0.25) is 0 Å². The van der Waals surface area contributed by atoms with Crippen LogP contribution in [-0.2, 0) is 6.42 Å². The maximum absolute atomic E-state index is 5.22. The lowest BCUT2D eigenvalue weighted by Crippen LogP contribution is -1.97. The van der Waals surface area contributed by atoms with Crippen LogP contribution in [0.15, 0.2) is 18.2 Å². The van der Waals surface area contributed by atoms with Gasteiger partial charge in [-0.2, -0.15) is 0 Å². The van der Waals surface area contributed by atoms with E-state index in [0.717, 1.165) is 17.9 Å². The van der Waals surface area contributed by atoms with Gasteiger partial charge in [0.25, 0.3) is 0 Å². The molecule has 0 fully saturated rings. The minimum Gasteiger partial charge on any atom is -0.495 e. The summed E-state index contributed by atoms with van der Waals surface area (Å²) in [4.78, 5) is 0. The van der Waals surface area contributed by atoms with Crippen molar-refractivity contribution in [2.45, 2.75) is 13.3 Å². The van der Waals surface area contributed by atoms with E-state index in [2.05, 4.69) is 18.3 Å². The van der Waals surface area contributed by atoms with Gasteiger partial charge in [0.1, 0.15) is 5.75 Å². The molecule has 66 valence electrons. The Labute approximate surface area is 73.6 Å². The Kier molecular flexibility index (Phi) is 2.97. The molecule has 1 aromatic carbocycles. The molecule has 0 unspecified atom stereocenters. The topological polar surface area (TPSA) is 21.3 Å². The van der Waals surface area contributed by atoms with Gasteiger partial charge in [0.15, 0.2) is 0 Å². The van der Waals surface area contributed by atoms with Gasteiger partial charge in [0, 0.05) is 7.05 Å². The summed E-state index contributed by atoms with van der Waals surface area (Å²) in [5.41, 5.74) is 2.39. The SMILES string of the molecule is CCc1cccc(OC)c1NC. The van der Waals surface area contributed by atoms with Gasteiger partial charge in [-0.25, -0.2) is 0 Å². The molecule has 1 rings (SSSR count). The van der Waals surface area contributed by atoms with Gasteiger partial charge in [0.2, 0.25) is 0 Å². The second-order valence-corrected chi connectivity index (χ2v) is 2.60. The van der Waals surface area contributed by atoms with Crippen LogP contribution in [0, 0.1) is 0 Å². The van der Waals surface area contributed by atoms with Gasteiger partial charge < -0.3 is 10.1 Å². The summed E-state index contributed by atoms with van der Waals surface area (Å²) in [6.45, 7) is 2.13. The van der Waals surface area contributed by atoms with Crippen LogP contribution in [0.1, 0.15) is 12.5 Å². The number of nitrogens with one attached hydrogen (secondary N) is 1. The van der Waals surface area contributed by atoms with Crippen LogP contribution in [-0.4, -0.2) is 14.2 Å². The molecule has 1 aromatic rings. The summed E-state index contributed by atoms with van der Waals surface area (Å²) in [6.07, 6.45) is 1.02. The number of para-hydroxylation sites is 1. The zero-order valence-electron chi connectivity index (χ0n) is 7.85. The molecule has 0 aliphatic rings. The number of anilines is 1. The molecule has 0 aliphatic carbocycles. The third-order valence-corrected chi connectivity index (χ3v) is 1.96. The molecule has 12 heavy (non-hydrogen) atoms.